The molecular weight excluding hydrogens is 524 g/mol. The molecule has 0 saturated carbocycles. The standard InChI is InChI=1S/C26H28F4N4O3S/c1-25(2)13-18(19-14-31-21-12-20(27)32-34(21)23(19)25)15-4-6-16(7-5-15)22(26(28,29)30)33(3)24(35)17-8-10-38(36,37)11-9-17/h4-7,12,14,17-18,22H,8-11,13H2,1-3H3. The van der Waals surface area contributed by atoms with E-state index in [9.17, 15) is 30.8 Å². The maximum atomic E-state index is 14.2. The monoisotopic (exact) mass is 552 g/mol. The molecule has 2 aromatic heterocycles. The van der Waals surface area contributed by atoms with E-state index in [4.69, 9.17) is 0 Å². The van der Waals surface area contributed by atoms with Crippen molar-refractivity contribution < 1.29 is 30.8 Å². The number of nitrogens with zero attached hydrogens (tertiary/aromatic N) is 4. The maximum absolute atomic E-state index is 14.2. The zero-order valence-corrected chi connectivity index (χ0v) is 22.0. The molecule has 1 fully saturated rings. The Bertz CT molecular complexity index is 1490. The summed E-state index contributed by atoms with van der Waals surface area (Å²) in [7, 11) is -2.13. The van der Waals surface area contributed by atoms with Gasteiger partial charge in [0.2, 0.25) is 11.9 Å². The van der Waals surface area contributed by atoms with Crippen molar-refractivity contribution in [2.75, 3.05) is 18.6 Å². The fourth-order valence-electron chi connectivity index (χ4n) is 5.96. The van der Waals surface area contributed by atoms with Crippen LogP contribution < -0.4 is 0 Å². The van der Waals surface area contributed by atoms with Crippen LogP contribution in [0.2, 0.25) is 0 Å². The van der Waals surface area contributed by atoms with Crippen molar-refractivity contribution >= 4 is 21.4 Å². The Morgan fingerprint density at radius 3 is 2.39 bits per heavy atom. The third kappa shape index (κ3) is 4.67. The van der Waals surface area contributed by atoms with Gasteiger partial charge in [0, 0.05) is 42.1 Å². The normalized spacial score (nSPS) is 21.8. The van der Waals surface area contributed by atoms with E-state index in [1.807, 2.05) is 13.8 Å². The van der Waals surface area contributed by atoms with Crippen LogP contribution in [0.4, 0.5) is 17.6 Å². The highest BCUT2D eigenvalue weighted by Gasteiger charge is 2.47. The molecule has 2 unspecified atom stereocenters. The van der Waals surface area contributed by atoms with E-state index in [0.29, 0.717) is 17.0 Å². The minimum Gasteiger partial charge on any atom is -0.330 e. The molecule has 1 saturated heterocycles. The largest absolute Gasteiger partial charge is 0.413 e. The van der Waals surface area contributed by atoms with Crippen molar-refractivity contribution in [3.05, 3.63) is 64.9 Å². The fraction of sp³-hybridized carbons (Fsp3) is 0.500. The van der Waals surface area contributed by atoms with Crippen molar-refractivity contribution in [1.82, 2.24) is 19.5 Å². The van der Waals surface area contributed by atoms with Crippen LogP contribution >= 0.6 is 0 Å². The summed E-state index contributed by atoms with van der Waals surface area (Å²) in [6.07, 6.45) is -2.38. The topological polar surface area (TPSA) is 84.6 Å². The second-order valence-electron chi connectivity index (χ2n) is 10.9. The van der Waals surface area contributed by atoms with Gasteiger partial charge in [0.25, 0.3) is 0 Å². The van der Waals surface area contributed by atoms with Crippen LogP contribution in [0.3, 0.4) is 0 Å². The van der Waals surface area contributed by atoms with E-state index < -0.39 is 39.8 Å². The molecule has 38 heavy (non-hydrogen) atoms. The molecule has 2 atom stereocenters. The highest BCUT2D eigenvalue weighted by Crippen LogP contribution is 2.49. The summed E-state index contributed by atoms with van der Waals surface area (Å²) in [4.78, 5) is 18.0. The summed E-state index contributed by atoms with van der Waals surface area (Å²) in [5, 5.41) is 3.95. The van der Waals surface area contributed by atoms with Gasteiger partial charge in [-0.1, -0.05) is 38.1 Å². The number of rotatable bonds is 4. The molecule has 12 heteroatoms. The molecule has 2 aliphatic rings. The Morgan fingerprint density at radius 1 is 1.16 bits per heavy atom. The Balaban J connectivity index is 1.44. The van der Waals surface area contributed by atoms with Gasteiger partial charge in [-0.3, -0.25) is 4.79 Å². The van der Waals surface area contributed by atoms with E-state index in [-0.39, 0.29) is 41.2 Å². The quantitative estimate of drug-likeness (QED) is 0.443. The van der Waals surface area contributed by atoms with Crippen molar-refractivity contribution in [2.45, 2.75) is 56.7 Å². The number of hydrogen-bond acceptors (Lipinski definition) is 5. The molecule has 1 aromatic carbocycles. The smallest absolute Gasteiger partial charge is 0.330 e. The summed E-state index contributed by atoms with van der Waals surface area (Å²) >= 11 is 0. The first-order valence-corrected chi connectivity index (χ1v) is 14.2. The van der Waals surface area contributed by atoms with Crippen LogP contribution in [0, 0.1) is 11.9 Å². The Morgan fingerprint density at radius 2 is 1.79 bits per heavy atom. The SMILES string of the molecule is CN(C(=O)C1CCS(=O)(=O)CC1)C(c1ccc(C2CC(C)(C)c3c2cnc2cc(F)nn32)cc1)C(F)(F)F. The van der Waals surface area contributed by atoms with Gasteiger partial charge in [0.1, 0.15) is 9.84 Å². The van der Waals surface area contributed by atoms with Gasteiger partial charge in [-0.2, -0.15) is 17.6 Å². The highest BCUT2D eigenvalue weighted by molar-refractivity contribution is 7.91. The molecule has 1 aliphatic heterocycles. The molecule has 0 N–H and O–H groups in total. The fourth-order valence-corrected chi connectivity index (χ4v) is 7.45. The van der Waals surface area contributed by atoms with Crippen molar-refractivity contribution in [3.8, 4) is 0 Å². The van der Waals surface area contributed by atoms with Gasteiger partial charge in [0.05, 0.1) is 17.2 Å². The molecule has 3 aromatic rings. The molecule has 0 bridgehead atoms. The minimum atomic E-state index is -4.73. The van der Waals surface area contributed by atoms with Gasteiger partial charge in [-0.25, -0.2) is 17.9 Å². The third-order valence-electron chi connectivity index (χ3n) is 7.82. The summed E-state index contributed by atoms with van der Waals surface area (Å²) in [5.41, 5.74) is 2.36. The summed E-state index contributed by atoms with van der Waals surface area (Å²) < 4.78 is 81.4. The Labute approximate surface area is 217 Å². The molecule has 3 heterocycles. The zero-order valence-electron chi connectivity index (χ0n) is 21.2. The first-order valence-electron chi connectivity index (χ1n) is 12.4. The Hall–Kier alpha value is -3.02. The predicted molar refractivity (Wildman–Crippen MR) is 132 cm³/mol. The minimum absolute atomic E-state index is 0.0212. The van der Waals surface area contributed by atoms with Crippen LogP contribution in [-0.2, 0) is 20.0 Å². The van der Waals surface area contributed by atoms with E-state index in [1.165, 1.54) is 22.7 Å². The van der Waals surface area contributed by atoms with Gasteiger partial charge in [-0.15, -0.1) is 5.10 Å². The zero-order chi connectivity index (χ0) is 27.6. The number of fused-ring (bicyclic) bond motifs is 3. The van der Waals surface area contributed by atoms with Crippen LogP contribution in [0.1, 0.15) is 67.5 Å². The lowest BCUT2D eigenvalue weighted by atomic mass is 9.86. The molecule has 0 spiro atoms. The van der Waals surface area contributed by atoms with Crippen molar-refractivity contribution in [2.24, 2.45) is 5.92 Å². The highest BCUT2D eigenvalue weighted by atomic mass is 32.2. The first-order chi connectivity index (χ1) is 17.7. The number of alkyl halides is 3. The molecule has 1 amide bonds. The van der Waals surface area contributed by atoms with Crippen LogP contribution in [-0.4, -0.2) is 58.6 Å². The first kappa shape index (κ1) is 26.6. The number of carbonyl (C=O) groups is 1. The Kier molecular flexibility index (Phi) is 6.32. The third-order valence-corrected chi connectivity index (χ3v) is 9.53. The maximum Gasteiger partial charge on any atom is 0.413 e. The number of carbonyl (C=O) groups excluding carboxylic acids is 1. The number of amides is 1. The lowest BCUT2D eigenvalue weighted by Gasteiger charge is -2.34. The molecule has 0 radical (unpaired) electrons. The second kappa shape index (κ2) is 9.03. The lowest BCUT2D eigenvalue weighted by molar-refractivity contribution is -0.190. The average Bonchev–Trinajstić information content (AvgIpc) is 3.33. The van der Waals surface area contributed by atoms with Crippen LogP contribution in [0.25, 0.3) is 5.65 Å². The predicted octanol–water partition coefficient (Wildman–Crippen LogP) is 4.57. The van der Waals surface area contributed by atoms with E-state index >= 15 is 0 Å². The number of sulfone groups is 1. The van der Waals surface area contributed by atoms with E-state index in [2.05, 4.69) is 10.1 Å². The summed E-state index contributed by atoms with van der Waals surface area (Å²) in [5.74, 6) is -2.68. The second-order valence-corrected chi connectivity index (χ2v) is 13.2. The molecule has 1 aliphatic carbocycles. The van der Waals surface area contributed by atoms with Gasteiger partial charge in [-0.05, 0) is 30.4 Å². The van der Waals surface area contributed by atoms with E-state index in [0.717, 1.165) is 23.9 Å². The molecule has 204 valence electrons. The van der Waals surface area contributed by atoms with Gasteiger partial charge < -0.3 is 4.90 Å². The number of benzene rings is 1. The van der Waals surface area contributed by atoms with Gasteiger partial charge >= 0.3 is 6.18 Å². The average molecular weight is 553 g/mol. The van der Waals surface area contributed by atoms with Crippen molar-refractivity contribution in [1.29, 1.82) is 0 Å². The summed E-state index contributed by atoms with van der Waals surface area (Å²) in [6, 6.07) is 5.11. The van der Waals surface area contributed by atoms with Gasteiger partial charge in [0.15, 0.2) is 11.7 Å². The summed E-state index contributed by atoms with van der Waals surface area (Å²) in [6.45, 7) is 4.02. The number of aromatic nitrogens is 3. The molecular formula is C26H28F4N4O3S. The lowest BCUT2D eigenvalue weighted by Crippen LogP contribution is -2.44. The molecule has 7 nitrogen and oxygen atoms in total. The number of halogens is 4. The van der Waals surface area contributed by atoms with E-state index in [1.54, 1.807) is 18.3 Å². The number of hydrogen-bond donors (Lipinski definition) is 0. The van der Waals surface area contributed by atoms with Crippen LogP contribution in [0.15, 0.2) is 36.5 Å². The molecule has 5 rings (SSSR count). The van der Waals surface area contributed by atoms with Crippen molar-refractivity contribution in [3.63, 3.8) is 0 Å². The van der Waals surface area contributed by atoms with Crippen LogP contribution in [0.5, 0.6) is 0 Å².